The molecule has 2 fully saturated rings. The highest BCUT2D eigenvalue weighted by Gasteiger charge is 2.41. The molecule has 2 N–H and O–H groups in total. The smallest absolute Gasteiger partial charge is 0.292 e. The molecule has 0 aromatic heterocycles. The van der Waals surface area contributed by atoms with Gasteiger partial charge in [0.25, 0.3) is 5.69 Å². The van der Waals surface area contributed by atoms with Crippen molar-refractivity contribution >= 4 is 21.4 Å². The maximum absolute atomic E-state index is 12.2. The summed E-state index contributed by atoms with van der Waals surface area (Å²) in [5, 5.41) is 23.3. The van der Waals surface area contributed by atoms with Gasteiger partial charge in [0.15, 0.2) is 0 Å². The first-order valence-corrected chi connectivity index (χ1v) is 9.56. The Morgan fingerprint density at radius 3 is 2.46 bits per heavy atom. The number of benzene rings is 1. The van der Waals surface area contributed by atoms with Crippen molar-refractivity contribution in [3.05, 3.63) is 33.9 Å². The summed E-state index contributed by atoms with van der Waals surface area (Å²) in [6.45, 7) is 0.679. The molecular formula is C15H21N3O5S. The van der Waals surface area contributed by atoms with Crippen LogP contribution in [0, 0.1) is 10.1 Å². The second kappa shape index (κ2) is 6.66. The number of nitro groups is 1. The van der Waals surface area contributed by atoms with Crippen LogP contribution in [-0.2, 0) is 16.6 Å². The van der Waals surface area contributed by atoms with Gasteiger partial charge in [0.2, 0.25) is 10.0 Å². The van der Waals surface area contributed by atoms with Gasteiger partial charge in [-0.3, -0.25) is 10.1 Å². The van der Waals surface area contributed by atoms with Crippen LogP contribution in [0.15, 0.2) is 18.2 Å². The highest BCUT2D eigenvalue weighted by Crippen LogP contribution is 2.33. The van der Waals surface area contributed by atoms with Crippen molar-refractivity contribution in [1.82, 2.24) is 4.31 Å². The van der Waals surface area contributed by atoms with E-state index in [1.54, 1.807) is 10.4 Å². The standard InChI is InChI=1S/C15H21N3O5S/c19-10-11-1-4-15(18(20)21)14(9-11)16-12-5-7-17(8-6-12)24(22,23)13-2-3-13/h1,4,9,12-13,16,19H,2-3,5-8,10H2. The van der Waals surface area contributed by atoms with Crippen molar-refractivity contribution in [3.8, 4) is 0 Å². The maximum Gasteiger partial charge on any atom is 0.292 e. The fraction of sp³-hybridized carbons (Fsp3) is 0.600. The average Bonchev–Trinajstić information content (AvgIpc) is 3.40. The van der Waals surface area contributed by atoms with Gasteiger partial charge in [0, 0.05) is 25.2 Å². The molecule has 0 amide bonds. The second-order valence-corrected chi connectivity index (χ2v) is 8.54. The van der Waals surface area contributed by atoms with Gasteiger partial charge in [-0.15, -0.1) is 0 Å². The number of hydrogen-bond acceptors (Lipinski definition) is 6. The van der Waals surface area contributed by atoms with Crippen LogP contribution in [-0.4, -0.2) is 47.1 Å². The van der Waals surface area contributed by atoms with Gasteiger partial charge in [0.1, 0.15) is 5.69 Å². The van der Waals surface area contributed by atoms with Crippen LogP contribution in [0.4, 0.5) is 11.4 Å². The summed E-state index contributed by atoms with van der Waals surface area (Å²) in [6.07, 6.45) is 2.71. The van der Waals surface area contributed by atoms with Gasteiger partial charge in [-0.2, -0.15) is 0 Å². The summed E-state index contributed by atoms with van der Waals surface area (Å²) in [5.41, 5.74) is 0.923. The van der Waals surface area contributed by atoms with E-state index in [4.69, 9.17) is 0 Å². The van der Waals surface area contributed by atoms with E-state index in [0.717, 1.165) is 12.8 Å². The Hall–Kier alpha value is -1.71. The molecule has 0 bridgehead atoms. The Bertz CT molecular complexity index is 725. The molecule has 1 aromatic rings. The number of piperidine rings is 1. The number of hydrogen-bond donors (Lipinski definition) is 2. The fourth-order valence-electron chi connectivity index (χ4n) is 3.01. The number of aliphatic hydroxyl groups excluding tert-OH is 1. The molecule has 24 heavy (non-hydrogen) atoms. The fourth-order valence-corrected chi connectivity index (χ4v) is 4.88. The van der Waals surface area contributed by atoms with Crippen molar-refractivity contribution in [2.24, 2.45) is 0 Å². The van der Waals surface area contributed by atoms with E-state index in [1.165, 1.54) is 12.1 Å². The van der Waals surface area contributed by atoms with Gasteiger partial charge >= 0.3 is 0 Å². The molecule has 132 valence electrons. The van der Waals surface area contributed by atoms with Crippen LogP contribution in [0.5, 0.6) is 0 Å². The molecule has 0 atom stereocenters. The summed E-state index contributed by atoms with van der Waals surface area (Å²) in [4.78, 5) is 10.7. The van der Waals surface area contributed by atoms with Crippen LogP contribution >= 0.6 is 0 Å². The molecule has 1 heterocycles. The minimum absolute atomic E-state index is 0.0247. The molecule has 3 rings (SSSR count). The molecule has 1 saturated carbocycles. The molecule has 1 aliphatic carbocycles. The number of sulfonamides is 1. The van der Waals surface area contributed by atoms with E-state index in [-0.39, 0.29) is 23.6 Å². The number of aliphatic hydroxyl groups is 1. The molecule has 9 heteroatoms. The molecule has 0 spiro atoms. The Morgan fingerprint density at radius 2 is 1.92 bits per heavy atom. The van der Waals surface area contributed by atoms with E-state index in [9.17, 15) is 23.6 Å². The summed E-state index contributed by atoms with van der Waals surface area (Å²) >= 11 is 0. The average molecular weight is 355 g/mol. The van der Waals surface area contributed by atoms with Crippen LogP contribution in [0.2, 0.25) is 0 Å². The summed E-state index contributed by atoms with van der Waals surface area (Å²) in [7, 11) is -3.15. The number of nitrogens with zero attached hydrogens (tertiary/aromatic N) is 2. The molecule has 2 aliphatic rings. The van der Waals surface area contributed by atoms with Gasteiger partial charge in [-0.05, 0) is 43.4 Å². The normalized spacial score (nSPS) is 20.0. The lowest BCUT2D eigenvalue weighted by Crippen LogP contribution is -2.43. The van der Waals surface area contributed by atoms with E-state index in [1.807, 2.05) is 0 Å². The lowest BCUT2D eigenvalue weighted by Gasteiger charge is -2.32. The third-order valence-electron chi connectivity index (χ3n) is 4.56. The first kappa shape index (κ1) is 17.1. The van der Waals surface area contributed by atoms with Crippen LogP contribution in [0.1, 0.15) is 31.2 Å². The van der Waals surface area contributed by atoms with Gasteiger partial charge in [-0.25, -0.2) is 12.7 Å². The number of rotatable bonds is 6. The molecule has 8 nitrogen and oxygen atoms in total. The summed E-state index contributed by atoms with van der Waals surface area (Å²) in [5.74, 6) is 0. The minimum atomic E-state index is -3.15. The summed E-state index contributed by atoms with van der Waals surface area (Å²) in [6, 6.07) is 4.45. The third kappa shape index (κ3) is 3.52. The van der Waals surface area contributed by atoms with Crippen molar-refractivity contribution in [3.63, 3.8) is 0 Å². The predicted molar refractivity (Wildman–Crippen MR) is 89.2 cm³/mol. The molecule has 1 aliphatic heterocycles. The molecule has 0 unspecified atom stereocenters. The van der Waals surface area contributed by atoms with E-state index in [2.05, 4.69) is 5.32 Å². The zero-order valence-electron chi connectivity index (χ0n) is 13.2. The van der Waals surface area contributed by atoms with Gasteiger partial charge < -0.3 is 10.4 Å². The Balaban J connectivity index is 1.66. The SMILES string of the molecule is O=[N+]([O-])c1ccc(CO)cc1NC1CCN(S(=O)(=O)C2CC2)CC1. The van der Waals surface area contributed by atoms with Crippen molar-refractivity contribution in [1.29, 1.82) is 0 Å². The Kier molecular flexibility index (Phi) is 4.75. The first-order valence-electron chi connectivity index (χ1n) is 8.05. The minimum Gasteiger partial charge on any atom is -0.392 e. The van der Waals surface area contributed by atoms with Crippen molar-refractivity contribution < 1.29 is 18.4 Å². The molecule has 0 radical (unpaired) electrons. The number of nitrogens with one attached hydrogen (secondary N) is 1. The zero-order chi connectivity index (χ0) is 17.3. The number of anilines is 1. The van der Waals surface area contributed by atoms with Crippen molar-refractivity contribution in [2.75, 3.05) is 18.4 Å². The summed E-state index contributed by atoms with van der Waals surface area (Å²) < 4.78 is 26.0. The monoisotopic (exact) mass is 355 g/mol. The van der Waals surface area contributed by atoms with Crippen LogP contribution in [0.25, 0.3) is 0 Å². The van der Waals surface area contributed by atoms with Crippen molar-refractivity contribution in [2.45, 2.75) is 43.6 Å². The largest absolute Gasteiger partial charge is 0.392 e. The van der Waals surface area contributed by atoms with Crippen LogP contribution in [0.3, 0.4) is 0 Å². The molecule has 1 aromatic carbocycles. The van der Waals surface area contributed by atoms with Gasteiger partial charge in [0.05, 0.1) is 16.8 Å². The zero-order valence-corrected chi connectivity index (χ0v) is 14.0. The van der Waals surface area contributed by atoms with E-state index < -0.39 is 14.9 Å². The quantitative estimate of drug-likeness (QED) is 0.590. The second-order valence-electron chi connectivity index (χ2n) is 6.33. The third-order valence-corrected chi connectivity index (χ3v) is 6.96. The van der Waals surface area contributed by atoms with E-state index >= 15 is 0 Å². The van der Waals surface area contributed by atoms with E-state index in [0.29, 0.717) is 37.2 Å². The highest BCUT2D eigenvalue weighted by atomic mass is 32.2. The topological polar surface area (TPSA) is 113 Å². The Morgan fingerprint density at radius 1 is 1.25 bits per heavy atom. The lowest BCUT2D eigenvalue weighted by molar-refractivity contribution is -0.384. The first-order chi connectivity index (χ1) is 11.4. The van der Waals surface area contributed by atoms with Gasteiger partial charge in [-0.1, -0.05) is 0 Å². The molecular weight excluding hydrogens is 334 g/mol. The van der Waals surface area contributed by atoms with Crippen LogP contribution < -0.4 is 5.32 Å². The number of nitro benzene ring substituents is 1. The lowest BCUT2D eigenvalue weighted by atomic mass is 10.1. The predicted octanol–water partition coefficient (Wildman–Crippen LogP) is 1.46. The highest BCUT2D eigenvalue weighted by molar-refractivity contribution is 7.90. The molecule has 1 saturated heterocycles. The Labute approximate surface area is 140 Å². The maximum atomic E-state index is 12.2.